The molecule has 0 radical (unpaired) electrons. The molecule has 1 aliphatic carbocycles. The van der Waals surface area contributed by atoms with Gasteiger partial charge in [-0.05, 0) is 23.5 Å². The summed E-state index contributed by atoms with van der Waals surface area (Å²) in [6.07, 6.45) is 1.00. The van der Waals surface area contributed by atoms with Crippen LogP contribution in [-0.4, -0.2) is 16.7 Å². The van der Waals surface area contributed by atoms with Gasteiger partial charge in [-0.15, -0.1) is 0 Å². The van der Waals surface area contributed by atoms with Crippen molar-refractivity contribution in [3.63, 3.8) is 0 Å². The lowest BCUT2D eigenvalue weighted by atomic mass is 9.77. The average Bonchev–Trinajstić information content (AvgIpc) is 2.80. The monoisotopic (exact) mass is 257 g/mol. The van der Waals surface area contributed by atoms with Crippen molar-refractivity contribution in [3.8, 4) is 0 Å². The molecule has 1 heterocycles. The van der Waals surface area contributed by atoms with E-state index in [0.717, 1.165) is 12.2 Å². The first-order chi connectivity index (χ1) is 9.20. The van der Waals surface area contributed by atoms with Gasteiger partial charge in [-0.3, -0.25) is 0 Å². The Morgan fingerprint density at radius 2 is 2.16 bits per heavy atom. The molecule has 0 amide bonds. The summed E-state index contributed by atoms with van der Waals surface area (Å²) in [5.74, 6) is 2.33. The number of hydrogen-bond donors (Lipinski definition) is 1. The van der Waals surface area contributed by atoms with E-state index in [-0.39, 0.29) is 5.92 Å². The molecule has 1 aromatic heterocycles. The van der Waals surface area contributed by atoms with Crippen LogP contribution in [0, 0.1) is 5.92 Å². The maximum atomic E-state index is 5.79. The Morgan fingerprint density at radius 1 is 1.37 bits per heavy atom. The minimum atomic E-state index is 0.150. The Labute approximate surface area is 113 Å². The van der Waals surface area contributed by atoms with E-state index in [1.807, 2.05) is 0 Å². The summed E-state index contributed by atoms with van der Waals surface area (Å²) in [6.45, 7) is 4.79. The van der Waals surface area contributed by atoms with Crippen LogP contribution in [0.2, 0.25) is 0 Å². The largest absolute Gasteiger partial charge is 0.339 e. The van der Waals surface area contributed by atoms with E-state index in [4.69, 9.17) is 10.3 Å². The lowest BCUT2D eigenvalue weighted by Crippen LogP contribution is -2.20. The number of fused-ring (bicyclic) bond motifs is 1. The topological polar surface area (TPSA) is 64.9 Å². The number of hydrogen-bond acceptors (Lipinski definition) is 4. The average molecular weight is 257 g/mol. The van der Waals surface area contributed by atoms with Gasteiger partial charge in [-0.2, -0.15) is 4.98 Å². The van der Waals surface area contributed by atoms with E-state index >= 15 is 0 Å². The molecule has 19 heavy (non-hydrogen) atoms. The third-order valence-electron chi connectivity index (χ3n) is 4.00. The van der Waals surface area contributed by atoms with Crippen molar-refractivity contribution in [3.05, 3.63) is 47.1 Å². The molecule has 0 fully saturated rings. The zero-order chi connectivity index (χ0) is 13.4. The van der Waals surface area contributed by atoms with Crippen LogP contribution in [0.4, 0.5) is 0 Å². The molecule has 0 aliphatic heterocycles. The lowest BCUT2D eigenvalue weighted by Gasteiger charge is -2.27. The van der Waals surface area contributed by atoms with Gasteiger partial charge in [0.25, 0.3) is 0 Å². The fourth-order valence-electron chi connectivity index (χ4n) is 2.69. The molecule has 2 atom stereocenters. The molecule has 0 bridgehead atoms. The first kappa shape index (κ1) is 12.4. The highest BCUT2D eigenvalue weighted by Gasteiger charge is 2.32. The van der Waals surface area contributed by atoms with Crippen molar-refractivity contribution in [1.82, 2.24) is 10.1 Å². The summed E-state index contributed by atoms with van der Waals surface area (Å²) in [5.41, 5.74) is 8.50. The summed E-state index contributed by atoms with van der Waals surface area (Å²) >= 11 is 0. The van der Waals surface area contributed by atoms with Gasteiger partial charge in [0.05, 0.1) is 11.8 Å². The molecule has 0 saturated carbocycles. The van der Waals surface area contributed by atoms with Crippen molar-refractivity contribution in [2.45, 2.75) is 32.1 Å². The number of aromatic nitrogens is 2. The first-order valence-electron chi connectivity index (χ1n) is 6.82. The highest BCUT2D eigenvalue weighted by atomic mass is 16.5. The van der Waals surface area contributed by atoms with Gasteiger partial charge in [-0.25, -0.2) is 0 Å². The normalized spacial score (nSPS) is 19.1. The Kier molecular flexibility index (Phi) is 3.11. The van der Waals surface area contributed by atoms with E-state index in [1.165, 1.54) is 11.1 Å². The smallest absolute Gasteiger partial charge is 0.231 e. The maximum absolute atomic E-state index is 5.79. The standard InChI is InChI=1S/C15H19N3O/c1-9(2)13(8-16)15-17-14(18-19-15)12-7-10-5-3-4-6-11(10)12/h3-6,9,12-13H,7-8,16H2,1-2H3. The molecule has 4 nitrogen and oxygen atoms in total. The summed E-state index contributed by atoms with van der Waals surface area (Å²) in [4.78, 5) is 4.57. The van der Waals surface area contributed by atoms with Gasteiger partial charge in [0, 0.05) is 6.54 Å². The van der Waals surface area contributed by atoms with Gasteiger partial charge < -0.3 is 10.3 Å². The number of nitrogens with two attached hydrogens (primary N) is 1. The van der Waals surface area contributed by atoms with E-state index < -0.39 is 0 Å². The van der Waals surface area contributed by atoms with Crippen LogP contribution in [0.1, 0.15) is 48.5 Å². The van der Waals surface area contributed by atoms with Gasteiger partial charge in [-0.1, -0.05) is 43.3 Å². The molecule has 3 rings (SSSR count). The second-order valence-corrected chi connectivity index (χ2v) is 5.53. The molecule has 2 N–H and O–H groups in total. The Hall–Kier alpha value is -1.68. The molecular weight excluding hydrogens is 238 g/mol. The predicted molar refractivity (Wildman–Crippen MR) is 72.9 cm³/mol. The summed E-state index contributed by atoms with van der Waals surface area (Å²) in [6, 6.07) is 8.43. The zero-order valence-electron chi connectivity index (χ0n) is 11.3. The quantitative estimate of drug-likeness (QED) is 0.913. The van der Waals surface area contributed by atoms with Crippen LogP contribution in [0.15, 0.2) is 28.8 Å². The minimum absolute atomic E-state index is 0.150. The van der Waals surface area contributed by atoms with Gasteiger partial charge in [0.1, 0.15) is 0 Å². The van der Waals surface area contributed by atoms with E-state index in [2.05, 4.69) is 48.3 Å². The van der Waals surface area contributed by atoms with Gasteiger partial charge >= 0.3 is 0 Å². The molecule has 0 saturated heterocycles. The van der Waals surface area contributed by atoms with E-state index in [0.29, 0.717) is 24.3 Å². The highest BCUT2D eigenvalue weighted by molar-refractivity contribution is 5.43. The van der Waals surface area contributed by atoms with Crippen LogP contribution in [0.3, 0.4) is 0 Å². The second-order valence-electron chi connectivity index (χ2n) is 5.53. The fourth-order valence-corrected chi connectivity index (χ4v) is 2.69. The van der Waals surface area contributed by atoms with Crippen LogP contribution >= 0.6 is 0 Å². The molecule has 100 valence electrons. The second kappa shape index (κ2) is 4.78. The zero-order valence-corrected chi connectivity index (χ0v) is 11.3. The Morgan fingerprint density at radius 3 is 2.84 bits per heavy atom. The van der Waals surface area contributed by atoms with Crippen LogP contribution in [0.25, 0.3) is 0 Å². The minimum Gasteiger partial charge on any atom is -0.339 e. The van der Waals surface area contributed by atoms with Crippen molar-refractivity contribution in [2.75, 3.05) is 6.54 Å². The van der Waals surface area contributed by atoms with Gasteiger partial charge in [0.15, 0.2) is 5.82 Å². The van der Waals surface area contributed by atoms with Crippen LogP contribution in [0.5, 0.6) is 0 Å². The maximum Gasteiger partial charge on any atom is 0.231 e. The summed E-state index contributed by atoms with van der Waals surface area (Å²) in [5, 5.41) is 4.15. The third-order valence-corrected chi connectivity index (χ3v) is 4.00. The molecular formula is C15H19N3O. The summed E-state index contributed by atoms with van der Waals surface area (Å²) < 4.78 is 5.41. The number of nitrogens with zero attached hydrogens (tertiary/aromatic N) is 2. The van der Waals surface area contributed by atoms with Crippen LogP contribution in [-0.2, 0) is 6.42 Å². The molecule has 1 aromatic carbocycles. The molecule has 0 spiro atoms. The molecule has 2 unspecified atom stereocenters. The SMILES string of the molecule is CC(C)C(CN)c1nc(C2Cc3ccccc32)no1. The third kappa shape index (κ3) is 2.06. The van der Waals surface area contributed by atoms with Crippen molar-refractivity contribution < 1.29 is 4.52 Å². The van der Waals surface area contributed by atoms with E-state index in [1.54, 1.807) is 0 Å². The number of benzene rings is 1. The molecule has 1 aliphatic rings. The fraction of sp³-hybridized carbons (Fsp3) is 0.467. The molecule has 4 heteroatoms. The van der Waals surface area contributed by atoms with E-state index in [9.17, 15) is 0 Å². The first-order valence-corrected chi connectivity index (χ1v) is 6.82. The predicted octanol–water partition coefficient (Wildman–Crippen LogP) is 2.46. The highest BCUT2D eigenvalue weighted by Crippen LogP contribution is 2.39. The summed E-state index contributed by atoms with van der Waals surface area (Å²) in [7, 11) is 0. The van der Waals surface area contributed by atoms with Gasteiger partial charge in [0.2, 0.25) is 5.89 Å². The molecule has 2 aromatic rings. The van der Waals surface area contributed by atoms with Crippen LogP contribution < -0.4 is 5.73 Å². The van der Waals surface area contributed by atoms with Crippen molar-refractivity contribution >= 4 is 0 Å². The lowest BCUT2D eigenvalue weighted by molar-refractivity contribution is 0.320. The van der Waals surface area contributed by atoms with Crippen molar-refractivity contribution in [2.24, 2.45) is 11.7 Å². The Bertz CT molecular complexity index is 576. The number of rotatable bonds is 4. The van der Waals surface area contributed by atoms with Crippen molar-refractivity contribution in [1.29, 1.82) is 0 Å². The Balaban J connectivity index is 1.84.